The molecule has 2 rings (SSSR count). The summed E-state index contributed by atoms with van der Waals surface area (Å²) in [4.78, 5) is 15.7. The number of benzene rings is 1. The molecule has 1 heterocycles. The number of carbonyl (C=O) groups is 1. The van der Waals surface area contributed by atoms with Crippen molar-refractivity contribution in [2.45, 2.75) is 6.92 Å². The van der Waals surface area contributed by atoms with Crippen LogP contribution >= 0.6 is 0 Å². The highest BCUT2D eigenvalue weighted by atomic mass is 16.5. The second kappa shape index (κ2) is 5.82. The molecule has 0 fully saturated rings. The molecule has 0 aliphatic rings. The van der Waals surface area contributed by atoms with Gasteiger partial charge in [0.25, 0.3) is 0 Å². The fourth-order valence-corrected chi connectivity index (χ4v) is 1.47. The van der Waals surface area contributed by atoms with E-state index in [1.165, 1.54) is 0 Å². The third-order valence-corrected chi connectivity index (χ3v) is 2.38. The molecule has 0 spiro atoms. The lowest BCUT2D eigenvalue weighted by atomic mass is 10.2. The predicted octanol–water partition coefficient (Wildman–Crippen LogP) is 2.62. The number of nitrogens with one attached hydrogen (secondary N) is 1. The van der Waals surface area contributed by atoms with Gasteiger partial charge in [0, 0.05) is 6.20 Å². The Morgan fingerprint density at radius 2 is 2.06 bits per heavy atom. The number of hydrogen-bond acceptors (Lipinski definition) is 4. The SMILES string of the molecule is Cc1ccnc(NCOC(=O)c2ccccc2)c1. The smallest absolute Gasteiger partial charge is 0.339 e. The quantitative estimate of drug-likeness (QED) is 0.661. The number of pyridine rings is 1. The van der Waals surface area contributed by atoms with E-state index in [4.69, 9.17) is 4.74 Å². The van der Waals surface area contributed by atoms with Crippen molar-refractivity contribution in [3.63, 3.8) is 0 Å². The lowest BCUT2D eigenvalue weighted by molar-refractivity contribution is 0.0533. The van der Waals surface area contributed by atoms with E-state index in [9.17, 15) is 4.79 Å². The molecule has 1 N–H and O–H groups in total. The van der Waals surface area contributed by atoms with Gasteiger partial charge in [-0.05, 0) is 36.8 Å². The molecule has 1 aromatic heterocycles. The number of esters is 1. The molecular formula is C14H14N2O2. The van der Waals surface area contributed by atoms with Crippen molar-refractivity contribution in [3.8, 4) is 0 Å². The first kappa shape index (κ1) is 12.1. The summed E-state index contributed by atoms with van der Waals surface area (Å²) in [6.07, 6.45) is 1.71. The van der Waals surface area contributed by atoms with Gasteiger partial charge in [0.05, 0.1) is 5.56 Å². The molecule has 0 atom stereocenters. The molecule has 0 unspecified atom stereocenters. The number of ether oxygens (including phenoxy) is 1. The number of nitrogens with zero attached hydrogens (tertiary/aromatic N) is 1. The molecule has 1 aromatic carbocycles. The summed E-state index contributed by atoms with van der Waals surface area (Å²) in [5.74, 6) is 0.339. The molecule has 0 amide bonds. The van der Waals surface area contributed by atoms with Crippen LogP contribution in [-0.4, -0.2) is 17.7 Å². The van der Waals surface area contributed by atoms with Gasteiger partial charge >= 0.3 is 5.97 Å². The van der Waals surface area contributed by atoms with E-state index in [0.29, 0.717) is 11.4 Å². The number of aryl methyl sites for hydroxylation is 1. The van der Waals surface area contributed by atoms with Gasteiger partial charge in [-0.25, -0.2) is 9.78 Å². The minimum atomic E-state index is -0.351. The lowest BCUT2D eigenvalue weighted by Gasteiger charge is -2.07. The second-order valence-corrected chi connectivity index (χ2v) is 3.84. The average Bonchev–Trinajstić information content (AvgIpc) is 2.40. The van der Waals surface area contributed by atoms with Crippen LogP contribution in [0, 0.1) is 6.92 Å². The number of carbonyl (C=O) groups excluding carboxylic acids is 1. The summed E-state index contributed by atoms with van der Waals surface area (Å²) in [7, 11) is 0. The fourth-order valence-electron chi connectivity index (χ4n) is 1.47. The molecule has 4 nitrogen and oxygen atoms in total. The lowest BCUT2D eigenvalue weighted by Crippen LogP contribution is -2.13. The van der Waals surface area contributed by atoms with Crippen LogP contribution in [0.5, 0.6) is 0 Å². The maximum atomic E-state index is 11.6. The summed E-state index contributed by atoms with van der Waals surface area (Å²) in [6, 6.07) is 12.7. The highest BCUT2D eigenvalue weighted by Crippen LogP contribution is 2.05. The zero-order chi connectivity index (χ0) is 12.8. The summed E-state index contributed by atoms with van der Waals surface area (Å²) in [5.41, 5.74) is 1.64. The highest BCUT2D eigenvalue weighted by molar-refractivity contribution is 5.89. The van der Waals surface area contributed by atoms with E-state index in [2.05, 4.69) is 10.3 Å². The molecule has 18 heavy (non-hydrogen) atoms. The van der Waals surface area contributed by atoms with Crippen LogP contribution in [0.1, 0.15) is 15.9 Å². The predicted molar refractivity (Wildman–Crippen MR) is 69.3 cm³/mol. The normalized spacial score (nSPS) is 9.83. The Bertz CT molecular complexity index is 526. The number of rotatable bonds is 4. The first-order valence-electron chi connectivity index (χ1n) is 5.64. The Hall–Kier alpha value is -2.36. The van der Waals surface area contributed by atoms with Crippen LogP contribution in [-0.2, 0) is 4.74 Å². The van der Waals surface area contributed by atoms with E-state index in [0.717, 1.165) is 5.56 Å². The van der Waals surface area contributed by atoms with Crippen LogP contribution in [0.3, 0.4) is 0 Å². The summed E-state index contributed by atoms with van der Waals surface area (Å²) in [5, 5.41) is 2.93. The standard InChI is InChI=1S/C14H14N2O2/c1-11-7-8-15-13(9-11)16-10-18-14(17)12-5-3-2-4-6-12/h2-9H,10H2,1H3,(H,15,16). The molecule has 0 radical (unpaired) electrons. The summed E-state index contributed by atoms with van der Waals surface area (Å²) < 4.78 is 5.08. The molecule has 4 heteroatoms. The van der Waals surface area contributed by atoms with Gasteiger partial charge in [-0.15, -0.1) is 0 Å². The van der Waals surface area contributed by atoms with Crippen LogP contribution in [0.15, 0.2) is 48.7 Å². The van der Waals surface area contributed by atoms with Gasteiger partial charge in [-0.3, -0.25) is 0 Å². The Morgan fingerprint density at radius 3 is 2.78 bits per heavy atom. The topological polar surface area (TPSA) is 51.2 Å². The minimum Gasteiger partial charge on any atom is -0.441 e. The summed E-state index contributed by atoms with van der Waals surface area (Å²) in [6.45, 7) is 2.08. The van der Waals surface area contributed by atoms with Gasteiger partial charge < -0.3 is 10.1 Å². The zero-order valence-corrected chi connectivity index (χ0v) is 10.1. The van der Waals surface area contributed by atoms with Gasteiger partial charge in [0.2, 0.25) is 0 Å². The van der Waals surface area contributed by atoms with Crippen molar-refractivity contribution in [2.24, 2.45) is 0 Å². The number of aromatic nitrogens is 1. The van der Waals surface area contributed by atoms with E-state index in [1.807, 2.05) is 25.1 Å². The third kappa shape index (κ3) is 3.31. The van der Waals surface area contributed by atoms with Crippen molar-refractivity contribution in [2.75, 3.05) is 12.0 Å². The molecular weight excluding hydrogens is 228 g/mol. The van der Waals surface area contributed by atoms with Crippen LogP contribution in [0.2, 0.25) is 0 Å². The molecule has 92 valence electrons. The van der Waals surface area contributed by atoms with Crippen molar-refractivity contribution in [1.29, 1.82) is 0 Å². The van der Waals surface area contributed by atoms with Crippen molar-refractivity contribution < 1.29 is 9.53 Å². The van der Waals surface area contributed by atoms with Crippen LogP contribution < -0.4 is 5.32 Å². The Labute approximate surface area is 106 Å². The highest BCUT2D eigenvalue weighted by Gasteiger charge is 2.05. The maximum absolute atomic E-state index is 11.6. The van der Waals surface area contributed by atoms with Crippen molar-refractivity contribution in [1.82, 2.24) is 4.98 Å². The Balaban J connectivity index is 1.84. The van der Waals surface area contributed by atoms with Gasteiger partial charge in [-0.2, -0.15) is 0 Å². The molecule has 0 saturated heterocycles. The number of anilines is 1. The van der Waals surface area contributed by atoms with E-state index in [-0.39, 0.29) is 12.7 Å². The van der Waals surface area contributed by atoms with Crippen molar-refractivity contribution >= 4 is 11.8 Å². The second-order valence-electron chi connectivity index (χ2n) is 3.84. The maximum Gasteiger partial charge on any atom is 0.339 e. The Morgan fingerprint density at radius 1 is 1.28 bits per heavy atom. The fraction of sp³-hybridized carbons (Fsp3) is 0.143. The van der Waals surface area contributed by atoms with E-state index >= 15 is 0 Å². The minimum absolute atomic E-state index is 0.101. The molecule has 0 aliphatic carbocycles. The average molecular weight is 242 g/mol. The van der Waals surface area contributed by atoms with E-state index < -0.39 is 0 Å². The third-order valence-electron chi connectivity index (χ3n) is 2.38. The van der Waals surface area contributed by atoms with Gasteiger partial charge in [0.1, 0.15) is 5.82 Å². The largest absolute Gasteiger partial charge is 0.441 e. The van der Waals surface area contributed by atoms with Crippen molar-refractivity contribution in [3.05, 3.63) is 59.8 Å². The van der Waals surface area contributed by atoms with Crippen LogP contribution in [0.4, 0.5) is 5.82 Å². The monoisotopic (exact) mass is 242 g/mol. The molecule has 0 aliphatic heterocycles. The zero-order valence-electron chi connectivity index (χ0n) is 10.1. The number of hydrogen-bond donors (Lipinski definition) is 1. The first-order valence-corrected chi connectivity index (χ1v) is 5.64. The Kier molecular flexibility index (Phi) is 3.91. The molecule has 2 aromatic rings. The van der Waals surface area contributed by atoms with E-state index in [1.54, 1.807) is 30.5 Å². The summed E-state index contributed by atoms with van der Waals surface area (Å²) >= 11 is 0. The van der Waals surface area contributed by atoms with Crippen LogP contribution in [0.25, 0.3) is 0 Å². The molecule has 0 bridgehead atoms. The van der Waals surface area contributed by atoms with Gasteiger partial charge in [0.15, 0.2) is 6.73 Å². The van der Waals surface area contributed by atoms with Gasteiger partial charge in [-0.1, -0.05) is 18.2 Å². The molecule has 0 saturated carbocycles. The first-order chi connectivity index (χ1) is 8.75.